The van der Waals surface area contributed by atoms with Crippen molar-refractivity contribution in [2.24, 2.45) is 0 Å². The molecule has 2 heterocycles. The predicted octanol–water partition coefficient (Wildman–Crippen LogP) is 2.77. The first-order valence-corrected chi connectivity index (χ1v) is 11.2. The summed E-state index contributed by atoms with van der Waals surface area (Å²) in [5, 5.41) is 5.08. The molecule has 176 valence electrons. The van der Waals surface area contributed by atoms with Crippen LogP contribution in [0.1, 0.15) is 25.4 Å². The maximum atomic E-state index is 5.75. The molecule has 5 heteroatoms. The Morgan fingerprint density at radius 2 is 0.971 bits per heavy atom. The van der Waals surface area contributed by atoms with Crippen molar-refractivity contribution in [1.82, 2.24) is 0 Å². The molecule has 4 aromatic carbocycles. The zero-order valence-corrected chi connectivity index (χ0v) is 23.7. The van der Waals surface area contributed by atoms with Crippen LogP contribution in [-0.2, 0) is 39.0 Å². The Labute approximate surface area is 238 Å². The van der Waals surface area contributed by atoms with Crippen molar-refractivity contribution in [1.29, 1.82) is 0 Å². The normalized spacial score (nSPS) is 10.1. The zero-order valence-electron chi connectivity index (χ0n) is 19.7. The van der Waals surface area contributed by atoms with Gasteiger partial charge in [-0.05, 0) is 24.3 Å². The molecular weight excluding hydrogens is 554 g/mol. The average Bonchev–Trinajstić information content (AvgIpc) is 3.62. The third-order valence-electron chi connectivity index (χ3n) is 5.83. The summed E-state index contributed by atoms with van der Waals surface area (Å²) in [6, 6.07) is 33.6. The van der Waals surface area contributed by atoms with Crippen LogP contribution in [0, 0.1) is 0 Å². The summed E-state index contributed by atoms with van der Waals surface area (Å²) < 4.78 is 11.5. The maximum absolute atomic E-state index is 5.75. The topological polar surface area (TPSA) is 26.3 Å². The zero-order chi connectivity index (χ0) is 21.9. The van der Waals surface area contributed by atoms with Gasteiger partial charge in [-0.2, -0.15) is 0 Å². The van der Waals surface area contributed by atoms with Gasteiger partial charge in [0.2, 0.25) is 0 Å². The van der Waals surface area contributed by atoms with Crippen LogP contribution in [0.25, 0.3) is 44.2 Å². The summed E-state index contributed by atoms with van der Waals surface area (Å²) in [4.78, 5) is 0. The molecule has 2 aromatic heterocycles. The Morgan fingerprint density at radius 1 is 0.571 bits per heavy atom. The van der Waals surface area contributed by atoms with E-state index in [1.54, 1.807) is 0 Å². The minimum atomic E-state index is 0. The number of benzene rings is 2. The van der Waals surface area contributed by atoms with Gasteiger partial charge in [-0.1, -0.05) is 61.4 Å². The molecule has 0 unspecified atom stereocenters. The molecule has 2 nitrogen and oxygen atoms in total. The van der Waals surface area contributed by atoms with Crippen LogP contribution < -0.4 is 24.8 Å². The van der Waals surface area contributed by atoms with Crippen molar-refractivity contribution in [2.45, 2.75) is 26.7 Å². The number of hydrogen-bond acceptors (Lipinski definition) is 2. The first-order valence-electron chi connectivity index (χ1n) is 11.2. The van der Waals surface area contributed by atoms with E-state index >= 15 is 0 Å². The fraction of sp³-hybridized carbons (Fsp3) is 0.133. The molecule has 6 aromatic rings. The molecule has 0 saturated heterocycles. The number of fused-ring (bicyclic) bond motifs is 2. The van der Waals surface area contributed by atoms with E-state index in [9.17, 15) is 0 Å². The van der Waals surface area contributed by atoms with Gasteiger partial charge in [-0.3, -0.25) is 0 Å². The molecule has 0 bridgehead atoms. The van der Waals surface area contributed by atoms with Gasteiger partial charge in [0.1, 0.15) is 0 Å². The Morgan fingerprint density at radius 3 is 1.31 bits per heavy atom. The van der Waals surface area contributed by atoms with Gasteiger partial charge in [-0.25, -0.2) is 0 Å². The summed E-state index contributed by atoms with van der Waals surface area (Å²) in [6.45, 7) is 4.20. The quantitative estimate of drug-likeness (QED) is 0.300. The fourth-order valence-corrected chi connectivity index (χ4v) is 4.03. The van der Waals surface area contributed by atoms with Gasteiger partial charge in [0.15, 0.2) is 0 Å². The van der Waals surface area contributed by atoms with E-state index in [4.69, 9.17) is 8.83 Å². The third-order valence-corrected chi connectivity index (χ3v) is 5.83. The van der Waals surface area contributed by atoms with Crippen LogP contribution in [0.3, 0.4) is 0 Å². The Kier molecular flexibility index (Phi) is 10.8. The molecule has 6 rings (SSSR count). The van der Waals surface area contributed by atoms with Crippen molar-refractivity contribution >= 4 is 21.5 Å². The van der Waals surface area contributed by atoms with Gasteiger partial charge in [-0.15, -0.1) is 57.9 Å². The molecule has 0 aliphatic heterocycles. The average molecular weight is 581 g/mol. The number of hydrogen-bond donors (Lipinski definition) is 0. The van der Waals surface area contributed by atoms with Gasteiger partial charge < -0.3 is 33.6 Å². The molecule has 0 saturated carbocycles. The Bertz CT molecular complexity index is 1290. The number of furan rings is 2. The molecule has 0 fully saturated rings. The van der Waals surface area contributed by atoms with Gasteiger partial charge in [0.25, 0.3) is 0 Å². The number of halogens is 2. The smallest absolute Gasteiger partial charge is 1.00 e. The summed E-state index contributed by atoms with van der Waals surface area (Å²) in [5.74, 6) is 4.02. The van der Waals surface area contributed by atoms with Crippen LogP contribution in [0.5, 0.6) is 0 Å². The predicted molar refractivity (Wildman–Crippen MR) is 133 cm³/mol. The van der Waals surface area contributed by atoms with Crippen LogP contribution in [0.2, 0.25) is 0 Å². The van der Waals surface area contributed by atoms with E-state index in [0.29, 0.717) is 0 Å². The fourth-order valence-electron chi connectivity index (χ4n) is 4.03. The molecule has 0 atom stereocenters. The van der Waals surface area contributed by atoms with Gasteiger partial charge in [0, 0.05) is 12.8 Å². The van der Waals surface area contributed by atoms with E-state index in [2.05, 4.69) is 86.6 Å². The SMILES string of the molecule is CCc1ccc(-c2cc3ccccc3[cH-]2)o1.CCc1ccc(-c2cc3ccccc3[cH-]2)o1.[Cl-].[Cl-].[Zr+4]. The maximum Gasteiger partial charge on any atom is 4.00 e. The van der Waals surface area contributed by atoms with Crippen molar-refractivity contribution < 1.29 is 59.9 Å². The van der Waals surface area contributed by atoms with Crippen LogP contribution >= 0.6 is 0 Å². The minimum Gasteiger partial charge on any atom is -1.00 e. The molecule has 0 amide bonds. The van der Waals surface area contributed by atoms with E-state index in [1.807, 2.05) is 24.3 Å². The molecule has 0 aliphatic rings. The molecular formula is C30H26Cl2O2Zr. The third kappa shape index (κ3) is 6.47. The van der Waals surface area contributed by atoms with Crippen molar-refractivity contribution in [2.75, 3.05) is 0 Å². The first-order chi connectivity index (χ1) is 15.7. The second-order valence-corrected chi connectivity index (χ2v) is 7.98. The molecule has 35 heavy (non-hydrogen) atoms. The number of aryl methyl sites for hydroxylation is 2. The number of rotatable bonds is 4. The largest absolute Gasteiger partial charge is 4.00 e. The summed E-state index contributed by atoms with van der Waals surface area (Å²) in [6.07, 6.45) is 1.89. The summed E-state index contributed by atoms with van der Waals surface area (Å²) in [7, 11) is 0. The van der Waals surface area contributed by atoms with E-state index < -0.39 is 0 Å². The van der Waals surface area contributed by atoms with Crippen molar-refractivity contribution in [3.05, 3.63) is 109 Å². The second-order valence-electron chi connectivity index (χ2n) is 7.98. The second kappa shape index (κ2) is 13.1. The molecule has 0 N–H and O–H groups in total. The van der Waals surface area contributed by atoms with Crippen LogP contribution in [0.15, 0.2) is 106 Å². The van der Waals surface area contributed by atoms with Crippen molar-refractivity contribution in [3.63, 3.8) is 0 Å². The van der Waals surface area contributed by atoms with E-state index in [0.717, 1.165) is 35.9 Å². The summed E-state index contributed by atoms with van der Waals surface area (Å²) in [5.41, 5.74) is 2.34. The molecule has 0 spiro atoms. The Balaban J connectivity index is 0.000000227. The van der Waals surface area contributed by atoms with Crippen molar-refractivity contribution in [3.8, 4) is 22.6 Å². The van der Waals surface area contributed by atoms with Crippen LogP contribution in [0.4, 0.5) is 0 Å². The molecule has 0 aliphatic carbocycles. The first kappa shape index (κ1) is 28.9. The summed E-state index contributed by atoms with van der Waals surface area (Å²) >= 11 is 0. The van der Waals surface area contributed by atoms with Gasteiger partial charge in [0.05, 0.1) is 23.0 Å². The van der Waals surface area contributed by atoms with Crippen LogP contribution in [-0.4, -0.2) is 0 Å². The Hall–Kier alpha value is -2.32. The monoisotopic (exact) mass is 578 g/mol. The van der Waals surface area contributed by atoms with E-state index in [-0.39, 0.29) is 51.0 Å². The van der Waals surface area contributed by atoms with E-state index in [1.165, 1.54) is 32.7 Å². The molecule has 0 radical (unpaired) electrons. The standard InChI is InChI=1S/2C15H13O.2ClH.Zr/c2*1-2-14-7-8-15(16-14)13-9-11-5-3-4-6-12(11)10-13;;;/h2*3-10H,2H2,1H3;2*1H;/q2*-1;;;+4/p-2. The minimum absolute atomic E-state index is 0. The van der Waals surface area contributed by atoms with Gasteiger partial charge >= 0.3 is 26.2 Å².